The summed E-state index contributed by atoms with van der Waals surface area (Å²) in [6.07, 6.45) is 0.327. The first-order valence-electron chi connectivity index (χ1n) is 8.45. The van der Waals surface area contributed by atoms with E-state index in [1.165, 1.54) is 14.0 Å². The lowest BCUT2D eigenvalue weighted by Crippen LogP contribution is -2.30. The molecular formula is C19H23N3O5S. The monoisotopic (exact) mass is 405 g/mol. The SMILES string of the molecule is CC(=O)Nc1cccc(NC(=O)[C@@H](C)Oc2ccc(N(C)S(C)(=O)=O)cc2)c1. The van der Waals surface area contributed by atoms with Gasteiger partial charge < -0.3 is 15.4 Å². The molecule has 9 heteroatoms. The number of carbonyl (C=O) groups excluding carboxylic acids is 2. The van der Waals surface area contributed by atoms with Crippen LogP contribution in [-0.4, -0.2) is 39.6 Å². The molecule has 0 aliphatic heterocycles. The van der Waals surface area contributed by atoms with Crippen LogP contribution >= 0.6 is 0 Å². The lowest BCUT2D eigenvalue weighted by molar-refractivity contribution is -0.122. The molecule has 0 fully saturated rings. The molecule has 1 atom stereocenters. The van der Waals surface area contributed by atoms with Crippen LogP contribution in [0.2, 0.25) is 0 Å². The molecule has 0 aliphatic rings. The predicted molar refractivity (Wildman–Crippen MR) is 109 cm³/mol. The predicted octanol–water partition coefficient (Wildman–Crippen LogP) is 2.45. The maximum Gasteiger partial charge on any atom is 0.265 e. The third-order valence-corrected chi connectivity index (χ3v) is 5.04. The van der Waals surface area contributed by atoms with Gasteiger partial charge in [0.05, 0.1) is 11.9 Å². The second-order valence-electron chi connectivity index (χ2n) is 6.24. The van der Waals surface area contributed by atoms with Gasteiger partial charge in [-0.25, -0.2) is 8.42 Å². The van der Waals surface area contributed by atoms with E-state index in [2.05, 4.69) is 10.6 Å². The molecule has 2 aromatic carbocycles. The normalized spacial score (nSPS) is 12.0. The molecule has 8 nitrogen and oxygen atoms in total. The number of sulfonamides is 1. The summed E-state index contributed by atoms with van der Waals surface area (Å²) in [5, 5.41) is 5.37. The van der Waals surface area contributed by atoms with Crippen molar-refractivity contribution in [3.8, 4) is 5.75 Å². The van der Waals surface area contributed by atoms with Gasteiger partial charge in [-0.2, -0.15) is 0 Å². The fourth-order valence-corrected chi connectivity index (χ4v) is 2.81. The van der Waals surface area contributed by atoms with E-state index in [0.29, 0.717) is 22.8 Å². The quantitative estimate of drug-likeness (QED) is 0.736. The first kappa shape index (κ1) is 21.2. The zero-order valence-electron chi connectivity index (χ0n) is 16.1. The molecule has 0 unspecified atom stereocenters. The molecule has 0 aromatic heterocycles. The molecule has 0 aliphatic carbocycles. The number of carbonyl (C=O) groups is 2. The van der Waals surface area contributed by atoms with Crippen LogP contribution in [0.3, 0.4) is 0 Å². The van der Waals surface area contributed by atoms with Crippen molar-refractivity contribution in [1.29, 1.82) is 0 Å². The number of hydrogen-bond acceptors (Lipinski definition) is 5. The number of nitrogens with zero attached hydrogens (tertiary/aromatic N) is 1. The van der Waals surface area contributed by atoms with Crippen molar-refractivity contribution in [1.82, 2.24) is 0 Å². The smallest absolute Gasteiger partial charge is 0.265 e. The van der Waals surface area contributed by atoms with E-state index < -0.39 is 16.1 Å². The Labute approximate surface area is 164 Å². The van der Waals surface area contributed by atoms with Crippen LogP contribution in [0.4, 0.5) is 17.1 Å². The number of anilines is 3. The Morgan fingerprint density at radius 2 is 1.61 bits per heavy atom. The van der Waals surface area contributed by atoms with E-state index in [9.17, 15) is 18.0 Å². The summed E-state index contributed by atoms with van der Waals surface area (Å²) in [4.78, 5) is 23.5. The van der Waals surface area contributed by atoms with Crippen molar-refractivity contribution in [3.05, 3.63) is 48.5 Å². The van der Waals surface area contributed by atoms with Gasteiger partial charge in [-0.15, -0.1) is 0 Å². The molecule has 0 bridgehead atoms. The van der Waals surface area contributed by atoms with Crippen LogP contribution in [0.25, 0.3) is 0 Å². The summed E-state index contributed by atoms with van der Waals surface area (Å²) < 4.78 is 29.9. The van der Waals surface area contributed by atoms with Gasteiger partial charge in [0.25, 0.3) is 5.91 Å². The number of rotatable bonds is 7. The minimum absolute atomic E-state index is 0.204. The molecule has 0 radical (unpaired) electrons. The van der Waals surface area contributed by atoms with E-state index in [4.69, 9.17) is 4.74 Å². The lowest BCUT2D eigenvalue weighted by atomic mass is 10.2. The van der Waals surface area contributed by atoms with E-state index in [1.807, 2.05) is 0 Å². The maximum atomic E-state index is 12.3. The Morgan fingerprint density at radius 1 is 1.04 bits per heavy atom. The molecule has 2 N–H and O–H groups in total. The minimum atomic E-state index is -3.35. The summed E-state index contributed by atoms with van der Waals surface area (Å²) in [6, 6.07) is 13.1. The maximum absolute atomic E-state index is 12.3. The van der Waals surface area contributed by atoms with Crippen LogP contribution in [0.1, 0.15) is 13.8 Å². The molecular weight excluding hydrogens is 382 g/mol. The van der Waals surface area contributed by atoms with E-state index in [-0.39, 0.29) is 11.8 Å². The third kappa shape index (κ3) is 5.98. The second-order valence-corrected chi connectivity index (χ2v) is 8.25. The molecule has 150 valence electrons. The molecule has 2 amide bonds. The zero-order valence-corrected chi connectivity index (χ0v) is 16.9. The Kier molecular flexibility index (Phi) is 6.63. The fraction of sp³-hybridized carbons (Fsp3) is 0.263. The summed E-state index contributed by atoms with van der Waals surface area (Å²) in [5.41, 5.74) is 1.59. The summed E-state index contributed by atoms with van der Waals surface area (Å²) in [5.74, 6) is -0.136. The summed E-state index contributed by atoms with van der Waals surface area (Å²) in [6.45, 7) is 3.00. The van der Waals surface area contributed by atoms with Gasteiger partial charge in [0.2, 0.25) is 15.9 Å². The van der Waals surface area contributed by atoms with Gasteiger partial charge >= 0.3 is 0 Å². The molecule has 2 aromatic rings. The first-order valence-corrected chi connectivity index (χ1v) is 10.3. The van der Waals surface area contributed by atoms with Crippen molar-refractivity contribution >= 4 is 38.9 Å². The highest BCUT2D eigenvalue weighted by Gasteiger charge is 2.16. The van der Waals surface area contributed by atoms with Crippen LogP contribution in [0.15, 0.2) is 48.5 Å². The average molecular weight is 405 g/mol. The van der Waals surface area contributed by atoms with E-state index in [1.54, 1.807) is 55.5 Å². The summed E-state index contributed by atoms with van der Waals surface area (Å²) >= 11 is 0. The second kappa shape index (κ2) is 8.75. The Hall–Kier alpha value is -3.07. The van der Waals surface area contributed by atoms with Gasteiger partial charge in [0, 0.05) is 25.3 Å². The Balaban J connectivity index is 2.00. The third-order valence-electron chi connectivity index (χ3n) is 3.83. The Morgan fingerprint density at radius 3 is 2.14 bits per heavy atom. The van der Waals surface area contributed by atoms with Crippen molar-refractivity contribution in [2.24, 2.45) is 0 Å². The van der Waals surface area contributed by atoms with Crippen LogP contribution < -0.4 is 19.7 Å². The Bertz CT molecular complexity index is 958. The highest BCUT2D eigenvalue weighted by molar-refractivity contribution is 7.92. The molecule has 0 heterocycles. The molecule has 0 saturated carbocycles. The topological polar surface area (TPSA) is 105 Å². The fourth-order valence-electron chi connectivity index (χ4n) is 2.31. The van der Waals surface area contributed by atoms with Crippen LogP contribution in [-0.2, 0) is 19.6 Å². The highest BCUT2D eigenvalue weighted by Crippen LogP contribution is 2.21. The molecule has 28 heavy (non-hydrogen) atoms. The zero-order chi connectivity index (χ0) is 20.9. The molecule has 0 saturated heterocycles. The largest absolute Gasteiger partial charge is 0.481 e. The number of hydrogen-bond donors (Lipinski definition) is 2. The van der Waals surface area contributed by atoms with Gasteiger partial charge in [0.15, 0.2) is 6.10 Å². The van der Waals surface area contributed by atoms with E-state index in [0.717, 1.165) is 10.6 Å². The minimum Gasteiger partial charge on any atom is -0.481 e. The molecule has 0 spiro atoms. The first-order chi connectivity index (χ1) is 13.1. The van der Waals surface area contributed by atoms with Gasteiger partial charge in [-0.05, 0) is 49.4 Å². The van der Waals surface area contributed by atoms with Crippen molar-refractivity contribution in [2.45, 2.75) is 20.0 Å². The van der Waals surface area contributed by atoms with Gasteiger partial charge in [0.1, 0.15) is 5.75 Å². The lowest BCUT2D eigenvalue weighted by Gasteiger charge is -2.18. The number of nitrogens with one attached hydrogen (secondary N) is 2. The van der Waals surface area contributed by atoms with Gasteiger partial charge in [-0.3, -0.25) is 13.9 Å². The van der Waals surface area contributed by atoms with Crippen molar-refractivity contribution < 1.29 is 22.7 Å². The average Bonchev–Trinajstić information content (AvgIpc) is 2.60. The van der Waals surface area contributed by atoms with Crippen molar-refractivity contribution in [2.75, 3.05) is 28.2 Å². The van der Waals surface area contributed by atoms with Gasteiger partial charge in [-0.1, -0.05) is 6.07 Å². The highest BCUT2D eigenvalue weighted by atomic mass is 32.2. The van der Waals surface area contributed by atoms with Crippen LogP contribution in [0, 0.1) is 0 Å². The van der Waals surface area contributed by atoms with Crippen molar-refractivity contribution in [3.63, 3.8) is 0 Å². The number of benzene rings is 2. The van der Waals surface area contributed by atoms with Crippen LogP contribution in [0.5, 0.6) is 5.75 Å². The van der Waals surface area contributed by atoms with E-state index >= 15 is 0 Å². The standard InChI is InChI=1S/C19H23N3O5S/c1-13(19(24)21-16-7-5-6-15(12-16)20-14(2)23)27-18-10-8-17(9-11-18)22(3)28(4,25)26/h5-13H,1-4H3,(H,20,23)(H,21,24)/t13-/m1/s1. The number of amides is 2. The number of ether oxygens (including phenoxy) is 1. The molecule has 2 rings (SSSR count). The summed E-state index contributed by atoms with van der Waals surface area (Å²) in [7, 11) is -1.89.